The summed E-state index contributed by atoms with van der Waals surface area (Å²) in [5.74, 6) is 0.542. The molecule has 1 heterocycles. The molecule has 108 valence electrons. The zero-order valence-corrected chi connectivity index (χ0v) is 11.3. The van der Waals surface area contributed by atoms with Gasteiger partial charge in [0.05, 0.1) is 17.8 Å². The lowest BCUT2D eigenvalue weighted by atomic mass is 10.1. The summed E-state index contributed by atoms with van der Waals surface area (Å²) in [5, 5.41) is 7.85. The molecule has 0 aliphatic heterocycles. The van der Waals surface area contributed by atoms with E-state index in [4.69, 9.17) is 11.6 Å². The van der Waals surface area contributed by atoms with E-state index in [1.165, 1.54) is 10.7 Å². The maximum Gasteiger partial charge on any atom is 0.416 e. The molecule has 1 aromatic carbocycles. The van der Waals surface area contributed by atoms with Gasteiger partial charge in [-0.25, -0.2) is 4.68 Å². The van der Waals surface area contributed by atoms with Gasteiger partial charge in [0, 0.05) is 12.1 Å². The summed E-state index contributed by atoms with van der Waals surface area (Å²) in [7, 11) is 0. The molecule has 7 heteroatoms. The van der Waals surface area contributed by atoms with E-state index >= 15 is 0 Å². The molecule has 0 spiro atoms. The minimum atomic E-state index is -4.33. The van der Waals surface area contributed by atoms with Crippen LogP contribution in [0.15, 0.2) is 30.5 Å². The summed E-state index contributed by atoms with van der Waals surface area (Å²) in [6.45, 7) is 0.262. The Kier molecular flexibility index (Phi) is 4.65. The molecule has 0 saturated heterocycles. The summed E-state index contributed by atoms with van der Waals surface area (Å²) in [4.78, 5) is 0. The molecule has 20 heavy (non-hydrogen) atoms. The number of halogens is 4. The molecule has 0 saturated carbocycles. The number of hydrogen-bond acceptors (Lipinski definition) is 2. The monoisotopic (exact) mass is 303 g/mol. The fraction of sp³-hybridized carbons (Fsp3) is 0.385. The molecule has 2 aromatic rings. The van der Waals surface area contributed by atoms with Crippen LogP contribution in [-0.2, 0) is 19.1 Å². The Morgan fingerprint density at radius 3 is 2.75 bits per heavy atom. The van der Waals surface area contributed by atoms with Crippen molar-refractivity contribution in [1.29, 1.82) is 0 Å². The second-order valence-corrected chi connectivity index (χ2v) is 4.78. The number of aryl methyl sites for hydroxylation is 1. The maximum absolute atomic E-state index is 12.6. The second-order valence-electron chi connectivity index (χ2n) is 4.40. The first kappa shape index (κ1) is 14.8. The Hall–Kier alpha value is -1.56. The van der Waals surface area contributed by atoms with E-state index in [0.717, 1.165) is 24.2 Å². The van der Waals surface area contributed by atoms with Crippen molar-refractivity contribution in [3.8, 4) is 0 Å². The van der Waals surface area contributed by atoms with Crippen LogP contribution in [0.25, 0.3) is 0 Å². The molecule has 0 aliphatic carbocycles. The molecule has 0 amide bonds. The van der Waals surface area contributed by atoms with Gasteiger partial charge in [0.25, 0.3) is 0 Å². The van der Waals surface area contributed by atoms with Crippen molar-refractivity contribution < 1.29 is 13.2 Å². The molecule has 0 N–H and O–H groups in total. The van der Waals surface area contributed by atoms with Gasteiger partial charge in [-0.3, -0.25) is 0 Å². The molecule has 0 radical (unpaired) electrons. The molecular formula is C13H13ClF3N3. The Labute approximate surface area is 119 Å². The number of hydrogen-bond donors (Lipinski definition) is 0. The van der Waals surface area contributed by atoms with Gasteiger partial charge in [0.1, 0.15) is 0 Å². The van der Waals surface area contributed by atoms with E-state index in [9.17, 15) is 13.2 Å². The van der Waals surface area contributed by atoms with Crippen LogP contribution in [0.3, 0.4) is 0 Å². The van der Waals surface area contributed by atoms with Crippen LogP contribution in [0.5, 0.6) is 0 Å². The molecule has 0 aliphatic rings. The average molecular weight is 304 g/mol. The number of aromatic nitrogens is 3. The van der Waals surface area contributed by atoms with E-state index in [0.29, 0.717) is 17.9 Å². The van der Waals surface area contributed by atoms with Crippen LogP contribution in [0.4, 0.5) is 13.2 Å². The number of nitrogens with zero attached hydrogens (tertiary/aromatic N) is 3. The van der Waals surface area contributed by atoms with Crippen molar-refractivity contribution in [1.82, 2.24) is 15.0 Å². The Balaban J connectivity index is 2.08. The van der Waals surface area contributed by atoms with Crippen LogP contribution in [0.2, 0.25) is 0 Å². The van der Waals surface area contributed by atoms with Crippen LogP contribution >= 0.6 is 11.6 Å². The molecule has 1 aromatic heterocycles. The minimum Gasteiger partial charge on any atom is -0.248 e. The average Bonchev–Trinajstić information content (AvgIpc) is 2.83. The number of benzene rings is 1. The third-order valence-corrected chi connectivity index (χ3v) is 3.02. The zero-order valence-electron chi connectivity index (χ0n) is 10.6. The summed E-state index contributed by atoms with van der Waals surface area (Å²) >= 11 is 5.59. The quantitative estimate of drug-likeness (QED) is 0.791. The van der Waals surface area contributed by atoms with Crippen LogP contribution in [0, 0.1) is 0 Å². The van der Waals surface area contributed by atoms with E-state index in [1.807, 2.05) is 0 Å². The fourth-order valence-electron chi connectivity index (χ4n) is 1.81. The first-order valence-corrected chi connectivity index (χ1v) is 6.63. The second kappa shape index (κ2) is 6.26. The van der Waals surface area contributed by atoms with Crippen molar-refractivity contribution in [2.75, 3.05) is 5.88 Å². The molecule has 3 nitrogen and oxygen atoms in total. The van der Waals surface area contributed by atoms with Gasteiger partial charge >= 0.3 is 6.18 Å². The van der Waals surface area contributed by atoms with Gasteiger partial charge in [-0.1, -0.05) is 17.3 Å². The summed E-state index contributed by atoms with van der Waals surface area (Å²) in [6.07, 6.45) is -1.09. The highest BCUT2D eigenvalue weighted by Gasteiger charge is 2.30. The molecule has 2 rings (SSSR count). The topological polar surface area (TPSA) is 30.7 Å². The first-order chi connectivity index (χ1) is 9.49. The molecular weight excluding hydrogens is 291 g/mol. The fourth-order valence-corrected chi connectivity index (χ4v) is 1.94. The lowest BCUT2D eigenvalue weighted by Gasteiger charge is -2.08. The van der Waals surface area contributed by atoms with Crippen LogP contribution in [-0.4, -0.2) is 20.9 Å². The van der Waals surface area contributed by atoms with E-state index in [1.54, 1.807) is 12.3 Å². The van der Waals surface area contributed by atoms with Gasteiger partial charge < -0.3 is 0 Å². The first-order valence-electron chi connectivity index (χ1n) is 6.10. The lowest BCUT2D eigenvalue weighted by molar-refractivity contribution is -0.137. The minimum absolute atomic E-state index is 0.262. The third kappa shape index (κ3) is 3.96. The zero-order chi connectivity index (χ0) is 14.6. The van der Waals surface area contributed by atoms with Crippen molar-refractivity contribution in [2.45, 2.75) is 25.6 Å². The molecule has 0 unspecified atom stereocenters. The van der Waals surface area contributed by atoms with Gasteiger partial charge in [-0.05, 0) is 30.5 Å². The van der Waals surface area contributed by atoms with E-state index in [-0.39, 0.29) is 6.54 Å². The Morgan fingerprint density at radius 2 is 2.05 bits per heavy atom. The summed E-state index contributed by atoms with van der Waals surface area (Å²) < 4.78 is 39.3. The van der Waals surface area contributed by atoms with Crippen LogP contribution in [0.1, 0.15) is 23.2 Å². The number of alkyl halides is 4. The molecule has 0 atom stereocenters. The predicted octanol–water partition coefficient (Wildman–Crippen LogP) is 3.52. The van der Waals surface area contributed by atoms with Crippen molar-refractivity contribution in [3.63, 3.8) is 0 Å². The number of rotatable bonds is 5. The van der Waals surface area contributed by atoms with E-state index < -0.39 is 11.7 Å². The maximum atomic E-state index is 12.6. The predicted molar refractivity (Wildman–Crippen MR) is 69.6 cm³/mol. The van der Waals surface area contributed by atoms with E-state index in [2.05, 4.69) is 10.3 Å². The van der Waals surface area contributed by atoms with Gasteiger partial charge in [-0.2, -0.15) is 13.2 Å². The largest absolute Gasteiger partial charge is 0.416 e. The smallest absolute Gasteiger partial charge is 0.248 e. The van der Waals surface area contributed by atoms with Crippen molar-refractivity contribution in [3.05, 3.63) is 47.3 Å². The molecule has 0 fully saturated rings. The van der Waals surface area contributed by atoms with Crippen molar-refractivity contribution in [2.24, 2.45) is 0 Å². The highest BCUT2D eigenvalue weighted by Crippen LogP contribution is 2.29. The third-order valence-electron chi connectivity index (χ3n) is 2.75. The highest BCUT2D eigenvalue weighted by atomic mass is 35.5. The standard InChI is InChI=1S/C13H13ClF3N3/c14-6-2-5-12-9-20(19-18-12)8-10-3-1-4-11(7-10)13(15,16)17/h1,3-4,7,9H,2,5-6,8H2. The summed E-state index contributed by atoms with van der Waals surface area (Å²) in [5.41, 5.74) is 0.670. The SMILES string of the molecule is FC(F)(F)c1cccc(Cn2cc(CCCCl)nn2)c1. The highest BCUT2D eigenvalue weighted by molar-refractivity contribution is 6.17. The van der Waals surface area contributed by atoms with Gasteiger partial charge in [0.15, 0.2) is 0 Å². The van der Waals surface area contributed by atoms with Gasteiger partial charge in [-0.15, -0.1) is 16.7 Å². The Morgan fingerprint density at radius 1 is 1.25 bits per heavy atom. The molecule has 0 bridgehead atoms. The Bertz CT molecular complexity index is 566. The van der Waals surface area contributed by atoms with Gasteiger partial charge in [0.2, 0.25) is 0 Å². The normalized spacial score (nSPS) is 11.8. The summed E-state index contributed by atoms with van der Waals surface area (Å²) in [6, 6.07) is 5.20. The lowest BCUT2D eigenvalue weighted by Crippen LogP contribution is -2.07. The van der Waals surface area contributed by atoms with Crippen molar-refractivity contribution >= 4 is 11.6 Å². The van der Waals surface area contributed by atoms with Crippen LogP contribution < -0.4 is 0 Å².